The second-order valence-electron chi connectivity index (χ2n) is 9.20. The van der Waals surface area contributed by atoms with Gasteiger partial charge >= 0.3 is 17.9 Å². The highest BCUT2D eigenvalue weighted by Gasteiger charge is 2.25. The molecule has 4 aromatic rings. The largest absolute Gasteiger partial charge is 0.465 e. The summed E-state index contributed by atoms with van der Waals surface area (Å²) in [6.07, 6.45) is 5.35. The van der Waals surface area contributed by atoms with Crippen LogP contribution in [0.3, 0.4) is 0 Å². The number of aromatic nitrogens is 3. The van der Waals surface area contributed by atoms with Crippen LogP contribution < -0.4 is 20.6 Å². The molecule has 39 heavy (non-hydrogen) atoms. The third-order valence-corrected chi connectivity index (χ3v) is 6.07. The highest BCUT2D eigenvalue weighted by Crippen LogP contribution is 2.42. The first-order valence-electron chi connectivity index (χ1n) is 12.4. The van der Waals surface area contributed by atoms with E-state index in [-0.39, 0.29) is 24.8 Å². The lowest BCUT2D eigenvalue weighted by Crippen LogP contribution is -2.35. The number of urea groups is 1. The highest BCUT2D eigenvalue weighted by atomic mass is 16.5. The zero-order valence-corrected chi connectivity index (χ0v) is 21.2. The van der Waals surface area contributed by atoms with Crippen LogP contribution in [0.4, 0.5) is 22.1 Å². The Labute approximate surface area is 224 Å². The molecule has 1 fully saturated rings. The first-order valence-corrected chi connectivity index (χ1v) is 12.4. The third-order valence-electron chi connectivity index (χ3n) is 6.07. The van der Waals surface area contributed by atoms with E-state index in [1.165, 1.54) is 24.2 Å². The van der Waals surface area contributed by atoms with Gasteiger partial charge in [0.25, 0.3) is 6.20 Å². The second kappa shape index (κ2) is 11.5. The van der Waals surface area contributed by atoms with Gasteiger partial charge in [-0.25, -0.2) is 9.59 Å². The van der Waals surface area contributed by atoms with Gasteiger partial charge in [-0.2, -0.15) is 0 Å². The molecule has 1 aliphatic carbocycles. The van der Waals surface area contributed by atoms with Gasteiger partial charge in [0.1, 0.15) is 5.69 Å². The number of anilines is 3. The summed E-state index contributed by atoms with van der Waals surface area (Å²) in [7, 11) is 1.31. The Morgan fingerprint density at radius 2 is 1.77 bits per heavy atom. The molecule has 2 aromatic carbocycles. The molecule has 0 aliphatic heterocycles. The number of hydrogen-bond donors (Lipinski definition) is 3. The van der Waals surface area contributed by atoms with Gasteiger partial charge in [0.2, 0.25) is 17.7 Å². The summed E-state index contributed by atoms with van der Waals surface area (Å²) >= 11 is 0. The summed E-state index contributed by atoms with van der Waals surface area (Å²) in [4.78, 5) is 41.0. The maximum atomic E-state index is 12.7. The van der Waals surface area contributed by atoms with Crippen molar-refractivity contribution in [2.24, 2.45) is 0 Å². The van der Waals surface area contributed by atoms with E-state index in [0.717, 1.165) is 24.0 Å². The molecule has 1 aliphatic rings. The molecular formula is C28H27N6O5+. The maximum absolute atomic E-state index is 12.7. The minimum absolute atomic E-state index is 0.133. The Balaban J connectivity index is 1.20. The average Bonchev–Trinajstić information content (AvgIpc) is 3.70. The molecule has 198 valence electrons. The fourth-order valence-corrected chi connectivity index (χ4v) is 4.04. The molecule has 5 rings (SSSR count). The topological polar surface area (TPSA) is 139 Å². The zero-order chi connectivity index (χ0) is 27.2. The summed E-state index contributed by atoms with van der Waals surface area (Å²) < 4.78 is 11.3. The Kier molecular flexibility index (Phi) is 7.58. The molecule has 11 heteroatoms. The Morgan fingerprint density at radius 1 is 1.00 bits per heavy atom. The Hall–Kier alpha value is -5.06. The van der Waals surface area contributed by atoms with Crippen LogP contribution in [0.1, 0.15) is 45.9 Å². The van der Waals surface area contributed by atoms with Crippen molar-refractivity contribution in [3.63, 3.8) is 0 Å². The van der Waals surface area contributed by atoms with E-state index >= 15 is 0 Å². The van der Waals surface area contributed by atoms with Crippen LogP contribution in [0, 0.1) is 0 Å². The van der Waals surface area contributed by atoms with Gasteiger partial charge in [0, 0.05) is 17.6 Å². The lowest BCUT2D eigenvalue weighted by Gasteiger charge is -2.12. The summed E-state index contributed by atoms with van der Waals surface area (Å²) in [6, 6.07) is 17.9. The van der Waals surface area contributed by atoms with Gasteiger partial charge in [0.15, 0.2) is 0 Å². The zero-order valence-electron chi connectivity index (χ0n) is 21.2. The van der Waals surface area contributed by atoms with E-state index in [9.17, 15) is 14.4 Å². The SMILES string of the molecule is COC(=O)c1ccc(C[n+]2cc(NC(=O)Nc3cc(NC(=O)Cc4ccccc4)cc(C4CC4)c3)on2)nc1. The van der Waals surface area contributed by atoms with Crippen LogP contribution in [0.2, 0.25) is 0 Å². The van der Waals surface area contributed by atoms with E-state index in [1.54, 1.807) is 18.2 Å². The van der Waals surface area contributed by atoms with Crippen LogP contribution in [0.15, 0.2) is 77.6 Å². The number of pyridine rings is 1. The van der Waals surface area contributed by atoms with E-state index in [2.05, 4.69) is 30.9 Å². The number of hydrogen-bond acceptors (Lipinski definition) is 7. The van der Waals surface area contributed by atoms with Crippen molar-refractivity contribution in [1.82, 2.24) is 10.3 Å². The van der Waals surface area contributed by atoms with Gasteiger partial charge in [-0.15, -0.1) is 0 Å². The molecule has 3 amide bonds. The normalized spacial score (nSPS) is 12.4. The number of ether oxygens (including phenoxy) is 1. The molecule has 11 nitrogen and oxygen atoms in total. The van der Waals surface area contributed by atoms with Crippen LogP contribution in [-0.2, 0) is 22.5 Å². The van der Waals surface area contributed by atoms with Crippen LogP contribution in [-0.4, -0.2) is 35.3 Å². The number of benzene rings is 2. The molecule has 2 aromatic heterocycles. The predicted octanol–water partition coefficient (Wildman–Crippen LogP) is 3.89. The third kappa shape index (κ3) is 7.04. The van der Waals surface area contributed by atoms with E-state index in [0.29, 0.717) is 28.6 Å². The van der Waals surface area contributed by atoms with Crippen molar-refractivity contribution < 1.29 is 28.3 Å². The summed E-state index contributed by atoms with van der Waals surface area (Å²) in [5.41, 5.74) is 4.13. The molecule has 3 N–H and O–H groups in total. The molecule has 1 saturated carbocycles. The first kappa shape index (κ1) is 25.6. The van der Waals surface area contributed by atoms with Crippen molar-refractivity contribution in [3.8, 4) is 0 Å². The lowest BCUT2D eigenvalue weighted by atomic mass is 10.1. The molecule has 0 saturated heterocycles. The molecule has 2 heterocycles. The number of amides is 3. The number of rotatable bonds is 9. The predicted molar refractivity (Wildman–Crippen MR) is 141 cm³/mol. The maximum Gasteiger partial charge on any atom is 0.339 e. The number of methoxy groups -OCH3 is 1. The number of esters is 1. The number of carbonyl (C=O) groups is 3. The number of nitrogens with zero attached hydrogens (tertiary/aromatic N) is 3. The van der Waals surface area contributed by atoms with Crippen LogP contribution in [0.25, 0.3) is 0 Å². The van der Waals surface area contributed by atoms with Crippen LogP contribution >= 0.6 is 0 Å². The van der Waals surface area contributed by atoms with E-state index in [1.807, 2.05) is 42.5 Å². The summed E-state index contributed by atoms with van der Waals surface area (Å²) in [5.74, 6) is -0.0493. The summed E-state index contributed by atoms with van der Waals surface area (Å²) in [6.45, 7) is 0.268. The number of nitrogens with one attached hydrogen (secondary N) is 3. The van der Waals surface area contributed by atoms with Gasteiger partial charge < -0.3 is 15.4 Å². The van der Waals surface area contributed by atoms with E-state index in [4.69, 9.17) is 4.52 Å². The molecule has 0 unspecified atom stereocenters. The monoisotopic (exact) mass is 527 g/mol. The van der Waals surface area contributed by atoms with Crippen LogP contribution in [0.5, 0.6) is 0 Å². The molecular weight excluding hydrogens is 500 g/mol. The molecule has 0 atom stereocenters. The Bertz CT molecular complexity index is 1480. The average molecular weight is 528 g/mol. The quantitative estimate of drug-likeness (QED) is 0.222. The smallest absolute Gasteiger partial charge is 0.339 e. The fraction of sp³-hybridized carbons (Fsp3) is 0.214. The summed E-state index contributed by atoms with van der Waals surface area (Å²) in [5, 5.41) is 12.3. The minimum Gasteiger partial charge on any atom is -0.465 e. The molecule has 0 spiro atoms. The van der Waals surface area contributed by atoms with Crippen molar-refractivity contribution in [1.29, 1.82) is 0 Å². The highest BCUT2D eigenvalue weighted by molar-refractivity contribution is 6.00. The number of carbonyl (C=O) groups excluding carboxylic acids is 3. The fourth-order valence-electron chi connectivity index (χ4n) is 4.04. The van der Waals surface area contributed by atoms with E-state index < -0.39 is 12.0 Å². The van der Waals surface area contributed by atoms with Gasteiger partial charge in [-0.05, 0) is 64.9 Å². The second-order valence-corrected chi connectivity index (χ2v) is 9.20. The minimum atomic E-state index is -0.520. The van der Waals surface area contributed by atoms with Gasteiger partial charge in [-0.3, -0.25) is 19.6 Å². The molecule has 0 bridgehead atoms. The van der Waals surface area contributed by atoms with Crippen molar-refractivity contribution in [3.05, 3.63) is 95.4 Å². The van der Waals surface area contributed by atoms with Crippen molar-refractivity contribution >= 4 is 35.2 Å². The standard InChI is InChI=1S/C28H26N6O5/c1-38-27(36)20-9-10-22(29-15-20)16-34-17-26(39-33-34)32-28(37)31-24-13-21(19-7-8-19)12-23(14-24)30-25(35)11-18-5-3-2-4-6-18/h2-6,9-10,12-15,17,19H,7-8,11,16H2,1H3,(H2-,30,31,32,33,35,37)/p+1. The van der Waals surface area contributed by atoms with Gasteiger partial charge in [0.05, 0.1) is 19.1 Å². The Morgan fingerprint density at radius 3 is 2.46 bits per heavy atom. The van der Waals surface area contributed by atoms with Crippen molar-refractivity contribution in [2.45, 2.75) is 31.7 Å². The molecule has 0 radical (unpaired) electrons. The van der Waals surface area contributed by atoms with Crippen molar-refractivity contribution in [2.75, 3.05) is 23.1 Å². The van der Waals surface area contributed by atoms with Gasteiger partial charge in [-0.1, -0.05) is 30.3 Å². The lowest BCUT2D eigenvalue weighted by molar-refractivity contribution is -0.755. The first-order chi connectivity index (χ1) is 18.9.